The van der Waals surface area contributed by atoms with Gasteiger partial charge in [0.25, 0.3) is 0 Å². The molecular weight excluding hydrogens is 260 g/mol. The molecule has 0 spiro atoms. The summed E-state index contributed by atoms with van der Waals surface area (Å²) in [4.78, 5) is 8.30. The number of nitrogens with one attached hydrogen (secondary N) is 1. The van der Waals surface area contributed by atoms with Crippen molar-refractivity contribution in [2.24, 2.45) is 0 Å². The van der Waals surface area contributed by atoms with Gasteiger partial charge in [0, 0.05) is 11.3 Å². The predicted molar refractivity (Wildman–Crippen MR) is 80.8 cm³/mol. The van der Waals surface area contributed by atoms with Crippen molar-refractivity contribution in [3.05, 3.63) is 6.33 Å². The second kappa shape index (κ2) is 6.84. The summed E-state index contributed by atoms with van der Waals surface area (Å²) in [6, 6.07) is 0.426. The first-order valence-electron chi connectivity index (χ1n) is 6.78. The summed E-state index contributed by atoms with van der Waals surface area (Å²) < 4.78 is 5.40. The van der Waals surface area contributed by atoms with Gasteiger partial charge in [0.1, 0.15) is 12.0 Å². The van der Waals surface area contributed by atoms with Gasteiger partial charge < -0.3 is 15.8 Å². The van der Waals surface area contributed by atoms with Crippen LogP contribution >= 0.6 is 11.8 Å². The Morgan fingerprint density at radius 2 is 2.21 bits per heavy atom. The smallest absolute Gasteiger partial charge is 0.242 e. The fourth-order valence-corrected chi connectivity index (χ4v) is 3.40. The Bertz CT molecular complexity index is 416. The molecule has 1 fully saturated rings. The van der Waals surface area contributed by atoms with Crippen molar-refractivity contribution in [3.8, 4) is 5.88 Å². The average molecular weight is 282 g/mol. The van der Waals surface area contributed by atoms with Crippen LogP contribution in [0.5, 0.6) is 5.88 Å². The molecule has 1 heterocycles. The van der Waals surface area contributed by atoms with Crippen LogP contribution in [0, 0.1) is 0 Å². The van der Waals surface area contributed by atoms with Crippen molar-refractivity contribution in [2.45, 2.75) is 43.9 Å². The van der Waals surface area contributed by atoms with E-state index in [1.54, 1.807) is 0 Å². The van der Waals surface area contributed by atoms with E-state index in [9.17, 15) is 0 Å². The van der Waals surface area contributed by atoms with Gasteiger partial charge in [-0.2, -0.15) is 16.7 Å². The topological polar surface area (TPSA) is 73.1 Å². The van der Waals surface area contributed by atoms with E-state index >= 15 is 0 Å². The Morgan fingerprint density at radius 3 is 2.95 bits per heavy atom. The van der Waals surface area contributed by atoms with E-state index < -0.39 is 0 Å². The van der Waals surface area contributed by atoms with Crippen LogP contribution in [-0.4, -0.2) is 34.1 Å². The molecule has 0 radical (unpaired) electrons. The summed E-state index contributed by atoms with van der Waals surface area (Å²) in [5.41, 5.74) is 6.56. The molecule has 1 aliphatic carbocycles. The SMILES string of the molecule is CCOc1ncnc(NC2CCCCC2SC)c1N. The maximum absolute atomic E-state index is 6.05. The fraction of sp³-hybridized carbons (Fsp3) is 0.692. The van der Waals surface area contributed by atoms with Crippen molar-refractivity contribution >= 4 is 23.3 Å². The van der Waals surface area contributed by atoms with Gasteiger partial charge in [0.15, 0.2) is 5.82 Å². The number of aromatic nitrogens is 2. The number of hydrogen-bond donors (Lipinski definition) is 2. The molecule has 0 aromatic carbocycles. The van der Waals surface area contributed by atoms with E-state index in [0.29, 0.717) is 35.3 Å². The second-order valence-corrected chi connectivity index (χ2v) is 5.76. The lowest BCUT2D eigenvalue weighted by molar-refractivity contribution is 0.328. The molecular formula is C13H22N4OS. The number of nitrogen functional groups attached to an aromatic ring is 1. The highest BCUT2D eigenvalue weighted by molar-refractivity contribution is 7.99. The predicted octanol–water partition coefficient (Wildman–Crippen LogP) is 2.54. The van der Waals surface area contributed by atoms with Crippen LogP contribution in [0.4, 0.5) is 11.5 Å². The summed E-state index contributed by atoms with van der Waals surface area (Å²) in [6.45, 7) is 2.47. The zero-order chi connectivity index (χ0) is 13.7. The lowest BCUT2D eigenvalue weighted by Gasteiger charge is -2.31. The molecule has 0 bridgehead atoms. The molecule has 2 rings (SSSR count). The highest BCUT2D eigenvalue weighted by Gasteiger charge is 2.25. The Morgan fingerprint density at radius 1 is 1.42 bits per heavy atom. The number of thioether (sulfide) groups is 1. The second-order valence-electron chi connectivity index (χ2n) is 4.68. The van der Waals surface area contributed by atoms with Crippen LogP contribution in [-0.2, 0) is 0 Å². The molecule has 1 aromatic heterocycles. The van der Waals surface area contributed by atoms with E-state index in [0.717, 1.165) is 0 Å². The van der Waals surface area contributed by atoms with E-state index in [4.69, 9.17) is 10.5 Å². The minimum absolute atomic E-state index is 0.426. The van der Waals surface area contributed by atoms with Crippen molar-refractivity contribution in [2.75, 3.05) is 23.9 Å². The van der Waals surface area contributed by atoms with Gasteiger partial charge in [-0.15, -0.1) is 0 Å². The first kappa shape index (κ1) is 14.2. The summed E-state index contributed by atoms with van der Waals surface area (Å²) in [5, 5.41) is 4.10. The molecule has 3 N–H and O–H groups in total. The maximum Gasteiger partial charge on any atom is 0.242 e. The van der Waals surface area contributed by atoms with Gasteiger partial charge in [0.05, 0.1) is 6.61 Å². The molecule has 1 aromatic rings. The monoisotopic (exact) mass is 282 g/mol. The van der Waals surface area contributed by atoms with Crippen LogP contribution in [0.1, 0.15) is 32.6 Å². The van der Waals surface area contributed by atoms with Crippen molar-refractivity contribution in [1.82, 2.24) is 9.97 Å². The molecule has 1 aliphatic rings. The highest BCUT2D eigenvalue weighted by Crippen LogP contribution is 2.32. The van der Waals surface area contributed by atoms with Gasteiger partial charge in [-0.05, 0) is 26.0 Å². The van der Waals surface area contributed by atoms with Crippen LogP contribution in [0.3, 0.4) is 0 Å². The number of ether oxygens (including phenoxy) is 1. The minimum Gasteiger partial charge on any atom is -0.476 e. The van der Waals surface area contributed by atoms with E-state index in [1.807, 2.05) is 18.7 Å². The zero-order valence-corrected chi connectivity index (χ0v) is 12.4. The summed E-state index contributed by atoms with van der Waals surface area (Å²) in [5.74, 6) is 1.17. The third kappa shape index (κ3) is 3.43. The van der Waals surface area contributed by atoms with E-state index in [2.05, 4.69) is 21.5 Å². The Balaban J connectivity index is 2.11. The van der Waals surface area contributed by atoms with Crippen LogP contribution in [0.25, 0.3) is 0 Å². The molecule has 1 saturated carbocycles. The van der Waals surface area contributed by atoms with Crippen molar-refractivity contribution in [1.29, 1.82) is 0 Å². The molecule has 0 amide bonds. The highest BCUT2D eigenvalue weighted by atomic mass is 32.2. The van der Waals surface area contributed by atoms with E-state index in [-0.39, 0.29) is 0 Å². The largest absolute Gasteiger partial charge is 0.476 e. The zero-order valence-electron chi connectivity index (χ0n) is 11.6. The Labute approximate surface area is 118 Å². The Hall–Kier alpha value is -1.17. The molecule has 5 nitrogen and oxygen atoms in total. The van der Waals surface area contributed by atoms with Gasteiger partial charge in [0.2, 0.25) is 5.88 Å². The fourth-order valence-electron chi connectivity index (χ4n) is 2.47. The number of hydrogen-bond acceptors (Lipinski definition) is 6. The molecule has 2 atom stereocenters. The van der Waals surface area contributed by atoms with Gasteiger partial charge in [-0.3, -0.25) is 0 Å². The van der Waals surface area contributed by atoms with Crippen LogP contribution in [0.15, 0.2) is 6.33 Å². The third-order valence-corrected chi connectivity index (χ3v) is 4.63. The molecule has 0 aliphatic heterocycles. The first-order chi connectivity index (χ1) is 9.26. The average Bonchev–Trinajstić information content (AvgIpc) is 2.44. The molecule has 19 heavy (non-hydrogen) atoms. The molecule has 2 unspecified atom stereocenters. The summed E-state index contributed by atoms with van der Waals surface area (Å²) in [6.07, 6.45) is 8.66. The van der Waals surface area contributed by atoms with Gasteiger partial charge >= 0.3 is 0 Å². The number of nitrogens with two attached hydrogens (primary N) is 1. The van der Waals surface area contributed by atoms with Crippen molar-refractivity contribution in [3.63, 3.8) is 0 Å². The molecule has 0 saturated heterocycles. The summed E-state index contributed by atoms with van der Waals surface area (Å²) in [7, 11) is 0. The summed E-state index contributed by atoms with van der Waals surface area (Å²) >= 11 is 1.92. The van der Waals surface area contributed by atoms with Crippen LogP contribution < -0.4 is 15.8 Å². The van der Waals surface area contributed by atoms with Crippen molar-refractivity contribution < 1.29 is 4.74 Å². The van der Waals surface area contributed by atoms with Crippen LogP contribution in [0.2, 0.25) is 0 Å². The number of anilines is 2. The normalized spacial score (nSPS) is 23.1. The minimum atomic E-state index is 0.426. The standard InChI is InChI=1S/C13H22N4OS/c1-3-18-13-11(14)12(15-8-16-13)17-9-6-4-5-7-10(9)19-2/h8-10H,3-7,14H2,1-2H3,(H,15,16,17). The Kier molecular flexibility index (Phi) is 5.13. The van der Waals surface area contributed by atoms with Gasteiger partial charge in [-0.1, -0.05) is 12.8 Å². The first-order valence-corrected chi connectivity index (χ1v) is 8.07. The van der Waals surface area contributed by atoms with Gasteiger partial charge in [-0.25, -0.2) is 4.98 Å². The molecule has 106 valence electrons. The lowest BCUT2D eigenvalue weighted by atomic mass is 9.95. The number of nitrogens with zero attached hydrogens (tertiary/aromatic N) is 2. The maximum atomic E-state index is 6.05. The number of rotatable bonds is 5. The lowest BCUT2D eigenvalue weighted by Crippen LogP contribution is -2.34. The molecule has 6 heteroatoms. The quantitative estimate of drug-likeness (QED) is 0.864. The van der Waals surface area contributed by atoms with E-state index in [1.165, 1.54) is 32.0 Å². The third-order valence-electron chi connectivity index (χ3n) is 3.46.